The summed E-state index contributed by atoms with van der Waals surface area (Å²) in [6, 6.07) is 5.04. The largest absolute Gasteiger partial charge is 0.313 e. The van der Waals surface area contributed by atoms with Gasteiger partial charge in [0.15, 0.2) is 0 Å². The molecule has 0 aromatic carbocycles. The van der Waals surface area contributed by atoms with Gasteiger partial charge in [0.2, 0.25) is 0 Å². The molecular weight excluding hydrogens is 228 g/mol. The minimum Gasteiger partial charge on any atom is -0.313 e. The van der Waals surface area contributed by atoms with E-state index < -0.39 is 0 Å². The van der Waals surface area contributed by atoms with E-state index in [1.807, 2.05) is 6.07 Å². The molecule has 86 valence electrons. The van der Waals surface area contributed by atoms with Crippen LogP contribution in [-0.4, -0.2) is 18.6 Å². The molecule has 2 N–H and O–H groups in total. The van der Waals surface area contributed by atoms with Crippen LogP contribution in [0.4, 0.5) is 0 Å². The van der Waals surface area contributed by atoms with E-state index in [0.717, 1.165) is 17.4 Å². The van der Waals surface area contributed by atoms with E-state index in [4.69, 9.17) is 11.6 Å². The van der Waals surface area contributed by atoms with Crippen molar-refractivity contribution in [2.75, 3.05) is 6.54 Å². The van der Waals surface area contributed by atoms with Crippen LogP contribution in [0.2, 0.25) is 4.34 Å². The first-order chi connectivity index (χ1) is 7.08. The summed E-state index contributed by atoms with van der Waals surface area (Å²) in [5.74, 6) is 0. The fraction of sp³-hybridized carbons (Fsp3) is 0.636. The van der Waals surface area contributed by atoms with Gasteiger partial charge < -0.3 is 10.6 Å². The lowest BCUT2D eigenvalue weighted by Crippen LogP contribution is -2.38. The second kappa shape index (κ2) is 6.48. The molecule has 0 radical (unpaired) electrons. The van der Waals surface area contributed by atoms with Gasteiger partial charge in [-0.25, -0.2) is 0 Å². The Morgan fingerprint density at radius 3 is 2.53 bits per heavy atom. The van der Waals surface area contributed by atoms with Crippen LogP contribution in [0.1, 0.15) is 25.6 Å². The van der Waals surface area contributed by atoms with Gasteiger partial charge in [0, 0.05) is 30.1 Å². The molecule has 2 nitrogen and oxygen atoms in total. The van der Waals surface area contributed by atoms with Crippen molar-refractivity contribution in [2.24, 2.45) is 0 Å². The first-order valence-electron chi connectivity index (χ1n) is 5.29. The summed E-state index contributed by atoms with van der Waals surface area (Å²) < 4.78 is 0.861. The zero-order valence-electron chi connectivity index (χ0n) is 9.51. The Labute approximate surface area is 101 Å². The third-order valence-electron chi connectivity index (χ3n) is 2.09. The summed E-state index contributed by atoms with van der Waals surface area (Å²) in [4.78, 5) is 1.29. The summed E-state index contributed by atoms with van der Waals surface area (Å²) >= 11 is 7.49. The van der Waals surface area contributed by atoms with Gasteiger partial charge in [-0.2, -0.15) is 0 Å². The Balaban J connectivity index is 2.19. The van der Waals surface area contributed by atoms with Gasteiger partial charge in [-0.05, 0) is 19.1 Å². The monoisotopic (exact) mass is 246 g/mol. The fourth-order valence-corrected chi connectivity index (χ4v) is 2.24. The maximum Gasteiger partial charge on any atom is 0.0931 e. The second-order valence-corrected chi connectivity index (χ2v) is 5.85. The van der Waals surface area contributed by atoms with E-state index in [0.29, 0.717) is 12.1 Å². The van der Waals surface area contributed by atoms with Crippen LogP contribution in [0.5, 0.6) is 0 Å². The highest BCUT2D eigenvalue weighted by atomic mass is 35.5. The average molecular weight is 247 g/mol. The van der Waals surface area contributed by atoms with Crippen molar-refractivity contribution >= 4 is 22.9 Å². The van der Waals surface area contributed by atoms with Gasteiger partial charge in [0.25, 0.3) is 0 Å². The normalized spacial score (nSPS) is 13.4. The Morgan fingerprint density at radius 2 is 2.00 bits per heavy atom. The molecule has 15 heavy (non-hydrogen) atoms. The zero-order valence-corrected chi connectivity index (χ0v) is 11.1. The molecule has 0 aliphatic carbocycles. The Hall–Kier alpha value is -0.0900. The molecule has 1 unspecified atom stereocenters. The standard InChI is InChI=1S/C11H19ClN2S/c1-8(2)13-6-9(3)14-7-10-4-5-11(12)15-10/h4-5,8-9,13-14H,6-7H2,1-3H3. The van der Waals surface area contributed by atoms with E-state index in [-0.39, 0.29) is 0 Å². The van der Waals surface area contributed by atoms with Crippen molar-refractivity contribution in [1.82, 2.24) is 10.6 Å². The van der Waals surface area contributed by atoms with Crippen molar-refractivity contribution in [2.45, 2.75) is 39.4 Å². The average Bonchev–Trinajstić information content (AvgIpc) is 2.58. The molecule has 0 aliphatic heterocycles. The molecule has 1 rings (SSSR count). The highest BCUT2D eigenvalue weighted by Crippen LogP contribution is 2.20. The van der Waals surface area contributed by atoms with Crippen LogP contribution >= 0.6 is 22.9 Å². The molecule has 0 bridgehead atoms. The number of halogens is 1. The Bertz CT molecular complexity index is 286. The van der Waals surface area contributed by atoms with Crippen LogP contribution in [0.25, 0.3) is 0 Å². The SMILES string of the molecule is CC(C)NCC(C)NCc1ccc(Cl)s1. The molecular formula is C11H19ClN2S. The summed E-state index contributed by atoms with van der Waals surface area (Å²) in [7, 11) is 0. The summed E-state index contributed by atoms with van der Waals surface area (Å²) in [5, 5.41) is 6.86. The highest BCUT2D eigenvalue weighted by molar-refractivity contribution is 7.16. The van der Waals surface area contributed by atoms with Crippen molar-refractivity contribution in [1.29, 1.82) is 0 Å². The number of hydrogen-bond acceptors (Lipinski definition) is 3. The smallest absolute Gasteiger partial charge is 0.0931 e. The second-order valence-electron chi connectivity index (χ2n) is 4.05. The quantitative estimate of drug-likeness (QED) is 0.807. The van der Waals surface area contributed by atoms with E-state index in [1.54, 1.807) is 11.3 Å². The molecule has 0 saturated heterocycles. The molecule has 0 aliphatic rings. The lowest BCUT2D eigenvalue weighted by Gasteiger charge is -2.15. The molecule has 1 aromatic rings. The predicted molar refractivity (Wildman–Crippen MR) is 68.8 cm³/mol. The van der Waals surface area contributed by atoms with Crippen LogP contribution in [0, 0.1) is 0 Å². The zero-order chi connectivity index (χ0) is 11.3. The van der Waals surface area contributed by atoms with Gasteiger partial charge in [0.1, 0.15) is 0 Å². The Morgan fingerprint density at radius 1 is 1.27 bits per heavy atom. The Kier molecular flexibility index (Phi) is 5.61. The molecule has 0 saturated carbocycles. The predicted octanol–water partition coefficient (Wildman–Crippen LogP) is 2.88. The third-order valence-corrected chi connectivity index (χ3v) is 3.32. The lowest BCUT2D eigenvalue weighted by molar-refractivity contribution is 0.475. The van der Waals surface area contributed by atoms with Gasteiger partial charge >= 0.3 is 0 Å². The fourth-order valence-electron chi connectivity index (χ4n) is 1.21. The minimum absolute atomic E-state index is 0.480. The van der Waals surface area contributed by atoms with Crippen LogP contribution in [-0.2, 0) is 6.54 Å². The van der Waals surface area contributed by atoms with Crippen LogP contribution in [0.15, 0.2) is 12.1 Å². The maximum absolute atomic E-state index is 5.86. The van der Waals surface area contributed by atoms with Gasteiger partial charge in [-0.1, -0.05) is 25.4 Å². The highest BCUT2D eigenvalue weighted by Gasteiger charge is 2.03. The summed E-state index contributed by atoms with van der Waals surface area (Å²) in [5.41, 5.74) is 0. The number of rotatable bonds is 6. The minimum atomic E-state index is 0.480. The number of hydrogen-bond donors (Lipinski definition) is 2. The molecule has 1 aromatic heterocycles. The topological polar surface area (TPSA) is 24.1 Å². The third kappa shape index (κ3) is 5.52. The molecule has 0 fully saturated rings. The molecule has 1 heterocycles. The van der Waals surface area contributed by atoms with Crippen molar-refractivity contribution in [3.05, 3.63) is 21.3 Å². The van der Waals surface area contributed by atoms with Gasteiger partial charge in [0.05, 0.1) is 4.34 Å². The first kappa shape index (κ1) is 13.0. The maximum atomic E-state index is 5.86. The van der Waals surface area contributed by atoms with Crippen molar-refractivity contribution in [3.63, 3.8) is 0 Å². The molecule has 4 heteroatoms. The van der Waals surface area contributed by atoms with E-state index >= 15 is 0 Å². The van der Waals surface area contributed by atoms with Crippen LogP contribution < -0.4 is 10.6 Å². The molecule has 0 amide bonds. The van der Waals surface area contributed by atoms with Gasteiger partial charge in [-0.3, -0.25) is 0 Å². The molecule has 0 spiro atoms. The van der Waals surface area contributed by atoms with E-state index in [9.17, 15) is 0 Å². The summed E-state index contributed by atoms with van der Waals surface area (Å²) in [6.07, 6.45) is 0. The molecule has 1 atom stereocenters. The number of nitrogens with one attached hydrogen (secondary N) is 2. The van der Waals surface area contributed by atoms with E-state index in [1.165, 1.54) is 4.88 Å². The van der Waals surface area contributed by atoms with Gasteiger partial charge in [-0.15, -0.1) is 11.3 Å². The lowest BCUT2D eigenvalue weighted by atomic mass is 10.3. The first-order valence-corrected chi connectivity index (χ1v) is 6.48. The van der Waals surface area contributed by atoms with Crippen molar-refractivity contribution < 1.29 is 0 Å². The number of thiophene rings is 1. The summed E-state index contributed by atoms with van der Waals surface area (Å²) in [6.45, 7) is 8.40. The van der Waals surface area contributed by atoms with Crippen LogP contribution in [0.3, 0.4) is 0 Å². The van der Waals surface area contributed by atoms with E-state index in [2.05, 4.69) is 37.5 Å². The van der Waals surface area contributed by atoms with Crippen molar-refractivity contribution in [3.8, 4) is 0 Å².